The zero-order chi connectivity index (χ0) is 18.1. The zero-order valence-corrected chi connectivity index (χ0v) is 14.6. The number of carbonyl (C=O) groups excluding carboxylic acids is 1. The van der Waals surface area contributed by atoms with Crippen LogP contribution < -0.4 is 4.74 Å². The van der Waals surface area contributed by atoms with E-state index in [1.807, 2.05) is 49.4 Å². The third-order valence-electron chi connectivity index (χ3n) is 4.98. The van der Waals surface area contributed by atoms with Gasteiger partial charge in [0.15, 0.2) is 6.29 Å². The fourth-order valence-corrected chi connectivity index (χ4v) is 3.56. The lowest BCUT2D eigenvalue weighted by molar-refractivity contribution is 0.112. The Labute approximate surface area is 152 Å². The van der Waals surface area contributed by atoms with Crippen molar-refractivity contribution in [1.29, 1.82) is 0 Å². The van der Waals surface area contributed by atoms with E-state index in [4.69, 9.17) is 4.74 Å². The number of hydrogen-bond acceptors (Lipinski definition) is 2. The minimum Gasteiger partial charge on any atom is -0.489 e. The highest BCUT2D eigenvalue weighted by atomic mass is 19.1. The third-order valence-corrected chi connectivity index (χ3v) is 4.98. The van der Waals surface area contributed by atoms with Crippen molar-refractivity contribution in [3.63, 3.8) is 0 Å². The molecular weight excluding hydrogens is 327 g/mol. The Balaban J connectivity index is 1.67. The molecule has 1 aliphatic carbocycles. The second-order valence-electron chi connectivity index (χ2n) is 6.65. The van der Waals surface area contributed by atoms with Gasteiger partial charge in [-0.25, -0.2) is 4.39 Å². The molecule has 1 aliphatic rings. The van der Waals surface area contributed by atoms with Crippen LogP contribution in [0.2, 0.25) is 0 Å². The number of aldehydes is 1. The lowest BCUT2D eigenvalue weighted by atomic mass is 9.79. The van der Waals surface area contributed by atoms with E-state index in [1.54, 1.807) is 6.07 Å². The normalized spacial score (nSPS) is 12.2. The first-order valence-electron chi connectivity index (χ1n) is 8.74. The van der Waals surface area contributed by atoms with Crippen molar-refractivity contribution in [2.24, 2.45) is 0 Å². The van der Waals surface area contributed by atoms with E-state index < -0.39 is 5.82 Å². The molecule has 0 bridgehead atoms. The second-order valence-corrected chi connectivity index (χ2v) is 6.65. The molecule has 0 spiro atoms. The van der Waals surface area contributed by atoms with Gasteiger partial charge in [-0.3, -0.25) is 4.79 Å². The van der Waals surface area contributed by atoms with Crippen LogP contribution in [0.25, 0.3) is 11.1 Å². The lowest BCUT2D eigenvalue weighted by Gasteiger charge is -2.28. The predicted molar refractivity (Wildman–Crippen MR) is 100 cm³/mol. The van der Waals surface area contributed by atoms with Crippen LogP contribution in [0.3, 0.4) is 0 Å². The van der Waals surface area contributed by atoms with Gasteiger partial charge in [-0.15, -0.1) is 0 Å². The monoisotopic (exact) mass is 346 g/mol. The molecule has 0 atom stereocenters. The molecule has 0 saturated heterocycles. The molecular formula is C23H19FO2. The van der Waals surface area contributed by atoms with E-state index >= 15 is 0 Å². The summed E-state index contributed by atoms with van der Waals surface area (Å²) in [5.41, 5.74) is 6.60. The molecule has 0 saturated carbocycles. The number of rotatable bonds is 5. The number of carbonyl (C=O) groups is 1. The van der Waals surface area contributed by atoms with Gasteiger partial charge in [-0.1, -0.05) is 36.4 Å². The minimum atomic E-state index is -0.477. The van der Waals surface area contributed by atoms with Gasteiger partial charge in [-0.05, 0) is 71.3 Å². The van der Waals surface area contributed by atoms with Gasteiger partial charge in [0.25, 0.3) is 0 Å². The summed E-state index contributed by atoms with van der Waals surface area (Å²) in [6, 6.07) is 16.9. The van der Waals surface area contributed by atoms with E-state index in [1.165, 1.54) is 17.2 Å². The average Bonchev–Trinajstić information content (AvgIpc) is 2.63. The van der Waals surface area contributed by atoms with Crippen molar-refractivity contribution in [2.75, 3.05) is 0 Å². The quantitative estimate of drug-likeness (QED) is 0.587. The molecule has 0 aliphatic heterocycles. The molecule has 0 N–H and O–H groups in total. The van der Waals surface area contributed by atoms with Gasteiger partial charge in [0.05, 0.1) is 5.56 Å². The number of ether oxygens (including phenoxy) is 1. The zero-order valence-electron chi connectivity index (χ0n) is 14.6. The Kier molecular flexibility index (Phi) is 4.29. The van der Waals surface area contributed by atoms with Crippen LogP contribution in [0, 0.1) is 12.7 Å². The van der Waals surface area contributed by atoms with E-state index in [-0.39, 0.29) is 5.56 Å². The van der Waals surface area contributed by atoms with Gasteiger partial charge in [0, 0.05) is 0 Å². The summed E-state index contributed by atoms with van der Waals surface area (Å²) in [6.45, 7) is 2.56. The van der Waals surface area contributed by atoms with Crippen LogP contribution in [-0.4, -0.2) is 6.29 Å². The number of fused-ring (bicyclic) bond motifs is 1. The fraction of sp³-hybridized carbons (Fsp3) is 0.174. The van der Waals surface area contributed by atoms with Crippen LogP contribution >= 0.6 is 0 Å². The molecule has 0 fully saturated rings. The lowest BCUT2D eigenvalue weighted by Crippen LogP contribution is -2.14. The topological polar surface area (TPSA) is 26.3 Å². The maximum atomic E-state index is 14.0. The Morgan fingerprint density at radius 3 is 2.46 bits per heavy atom. The summed E-state index contributed by atoms with van der Waals surface area (Å²) < 4.78 is 20.1. The summed E-state index contributed by atoms with van der Waals surface area (Å²) in [7, 11) is 0. The Morgan fingerprint density at radius 1 is 1.04 bits per heavy atom. The minimum absolute atomic E-state index is 0.0908. The summed E-state index contributed by atoms with van der Waals surface area (Å²) in [4.78, 5) is 10.9. The van der Waals surface area contributed by atoms with Gasteiger partial charge in [0.1, 0.15) is 18.2 Å². The molecule has 0 unspecified atom stereocenters. The SMILES string of the molecule is Cc1cc(OCc2ccccc2)c2c(c1-c1ccc(C=O)c(F)c1)CC2. The van der Waals surface area contributed by atoms with E-state index in [0.717, 1.165) is 40.8 Å². The van der Waals surface area contributed by atoms with Crippen molar-refractivity contribution in [3.8, 4) is 16.9 Å². The summed E-state index contributed by atoms with van der Waals surface area (Å²) >= 11 is 0. The van der Waals surface area contributed by atoms with E-state index in [9.17, 15) is 9.18 Å². The fourth-order valence-electron chi connectivity index (χ4n) is 3.56. The maximum Gasteiger partial charge on any atom is 0.152 e. The Bertz CT molecular complexity index is 977. The summed E-state index contributed by atoms with van der Waals surface area (Å²) in [5.74, 6) is 0.440. The average molecular weight is 346 g/mol. The molecule has 4 rings (SSSR count). The van der Waals surface area contributed by atoms with Gasteiger partial charge in [0.2, 0.25) is 0 Å². The van der Waals surface area contributed by atoms with Gasteiger partial charge < -0.3 is 4.74 Å². The number of aryl methyl sites for hydroxylation is 1. The van der Waals surface area contributed by atoms with Crippen LogP contribution in [0.5, 0.6) is 5.75 Å². The molecule has 2 nitrogen and oxygen atoms in total. The first-order valence-corrected chi connectivity index (χ1v) is 8.74. The summed E-state index contributed by atoms with van der Waals surface area (Å²) in [6.07, 6.45) is 2.48. The second kappa shape index (κ2) is 6.75. The Morgan fingerprint density at radius 2 is 1.81 bits per heavy atom. The largest absolute Gasteiger partial charge is 0.489 e. The molecule has 130 valence electrons. The molecule has 3 aromatic rings. The number of benzene rings is 3. The van der Waals surface area contributed by atoms with Crippen molar-refractivity contribution in [2.45, 2.75) is 26.4 Å². The van der Waals surface area contributed by atoms with Crippen molar-refractivity contribution in [3.05, 3.63) is 88.2 Å². The molecule has 0 amide bonds. The van der Waals surface area contributed by atoms with Crippen LogP contribution in [0.15, 0.2) is 54.6 Å². The molecule has 3 aromatic carbocycles. The standard InChI is InChI=1S/C23H19FO2/c1-15-11-22(26-14-16-5-3-2-4-6-16)19-9-10-20(19)23(15)17-7-8-18(13-25)21(24)12-17/h2-8,11-13H,9-10,14H2,1H3. The highest BCUT2D eigenvalue weighted by molar-refractivity contribution is 5.80. The molecule has 0 heterocycles. The Hall–Kier alpha value is -2.94. The van der Waals surface area contributed by atoms with E-state index in [0.29, 0.717) is 12.9 Å². The van der Waals surface area contributed by atoms with Gasteiger partial charge >= 0.3 is 0 Å². The first kappa shape index (κ1) is 16.5. The van der Waals surface area contributed by atoms with Crippen molar-refractivity contribution >= 4 is 6.29 Å². The molecule has 0 radical (unpaired) electrons. The van der Waals surface area contributed by atoms with Crippen molar-refractivity contribution < 1.29 is 13.9 Å². The number of halogens is 1. The smallest absolute Gasteiger partial charge is 0.152 e. The molecule has 3 heteroatoms. The van der Waals surface area contributed by atoms with Crippen LogP contribution in [-0.2, 0) is 19.4 Å². The van der Waals surface area contributed by atoms with Gasteiger partial charge in [-0.2, -0.15) is 0 Å². The number of hydrogen-bond donors (Lipinski definition) is 0. The maximum absolute atomic E-state index is 14.0. The highest BCUT2D eigenvalue weighted by Gasteiger charge is 2.25. The molecule has 0 aromatic heterocycles. The van der Waals surface area contributed by atoms with E-state index in [2.05, 4.69) is 0 Å². The van der Waals surface area contributed by atoms with Crippen LogP contribution in [0.4, 0.5) is 4.39 Å². The predicted octanol–water partition coefficient (Wildman–Crippen LogP) is 5.29. The third kappa shape index (κ3) is 2.90. The highest BCUT2D eigenvalue weighted by Crippen LogP contribution is 2.42. The van der Waals surface area contributed by atoms with Crippen LogP contribution in [0.1, 0.15) is 32.6 Å². The summed E-state index contributed by atoms with van der Waals surface area (Å²) in [5, 5.41) is 0. The van der Waals surface area contributed by atoms with Crippen molar-refractivity contribution in [1.82, 2.24) is 0 Å². The first-order chi connectivity index (χ1) is 12.7. The molecule has 26 heavy (non-hydrogen) atoms.